The third-order valence-corrected chi connectivity index (χ3v) is 12.3. The predicted molar refractivity (Wildman–Crippen MR) is 232 cm³/mol. The van der Waals surface area contributed by atoms with Crippen LogP contribution in [-0.2, 0) is 19.1 Å². The third kappa shape index (κ3) is 9.21. The molecular weight excluding hydrogens is 777 g/mol. The molecule has 5 atom stereocenters. The highest BCUT2D eigenvalue weighted by atomic mass is 16.5. The number of ether oxygens (including phenoxy) is 2. The zero-order valence-electron chi connectivity index (χ0n) is 35.9. The van der Waals surface area contributed by atoms with Crippen LogP contribution >= 0.6 is 0 Å². The molecule has 2 aliphatic heterocycles. The Labute approximate surface area is 356 Å². The molecule has 4 amide bonds. The summed E-state index contributed by atoms with van der Waals surface area (Å²) in [6.07, 6.45) is 5.34. The highest BCUT2D eigenvalue weighted by Crippen LogP contribution is 2.39. The number of alkyl carbamates (subject to hydrolysis) is 2. The number of unbranched alkanes of at least 4 members (excludes halogenated alkanes) is 1. The van der Waals surface area contributed by atoms with Crippen molar-refractivity contribution in [2.24, 2.45) is 17.8 Å². The second-order valence-corrected chi connectivity index (χ2v) is 17.0. The average Bonchev–Trinajstić information content (AvgIpc) is 4.10. The second-order valence-electron chi connectivity index (χ2n) is 17.0. The number of H-pyrrole nitrogens is 2. The van der Waals surface area contributed by atoms with E-state index in [0.29, 0.717) is 25.3 Å². The van der Waals surface area contributed by atoms with E-state index in [9.17, 15) is 24.3 Å². The monoisotopic (exact) mass is 834 g/mol. The molecule has 3 aromatic carbocycles. The average molecular weight is 835 g/mol. The molecule has 2 aromatic heterocycles. The van der Waals surface area contributed by atoms with Gasteiger partial charge in [-0.3, -0.25) is 9.59 Å². The first-order valence-corrected chi connectivity index (χ1v) is 21.4. The van der Waals surface area contributed by atoms with Crippen LogP contribution in [0.1, 0.15) is 90.0 Å². The van der Waals surface area contributed by atoms with Crippen molar-refractivity contribution >= 4 is 45.8 Å². The zero-order valence-corrected chi connectivity index (χ0v) is 35.9. The van der Waals surface area contributed by atoms with E-state index in [2.05, 4.69) is 69.1 Å². The van der Waals surface area contributed by atoms with Crippen LogP contribution in [0.3, 0.4) is 0 Å². The fourth-order valence-electron chi connectivity index (χ4n) is 8.91. The summed E-state index contributed by atoms with van der Waals surface area (Å²) in [5.74, 6) is 1.09. The lowest BCUT2D eigenvalue weighted by Crippen LogP contribution is -2.51. The molecule has 15 nitrogen and oxygen atoms in total. The summed E-state index contributed by atoms with van der Waals surface area (Å²) in [5.41, 5.74) is 5.64. The molecule has 0 radical (unpaired) electrons. The summed E-state index contributed by atoms with van der Waals surface area (Å²) in [5, 5.41) is 16.9. The van der Waals surface area contributed by atoms with Gasteiger partial charge in [0.05, 0.1) is 49.2 Å². The van der Waals surface area contributed by atoms with Crippen molar-refractivity contribution in [3.63, 3.8) is 0 Å². The molecule has 324 valence electrons. The SMILES string of the molecule is COC(=O)N[C@H](C(=O)N1C[C@H](CCCCO)C[C@H]1c1ncc(-c2ccc(-c3ccc4c(ccc5nc([C@@H]6CCCN6C(=O)[C@@H](NC(=O)OC)C(C)C)[nH]c54)c3)cc2)[nH]1)C(C)C. The number of nitrogens with zero attached hydrogens (tertiary/aromatic N) is 4. The number of rotatable bonds is 14. The first kappa shape index (κ1) is 43.1. The number of fused-ring (bicyclic) bond motifs is 3. The maximum Gasteiger partial charge on any atom is 0.407 e. The fourth-order valence-corrected chi connectivity index (χ4v) is 8.91. The number of carbonyl (C=O) groups excluding carboxylic acids is 4. The van der Waals surface area contributed by atoms with Crippen LogP contribution in [0, 0.1) is 17.8 Å². The van der Waals surface area contributed by atoms with Gasteiger partial charge in [0.15, 0.2) is 0 Å². The minimum atomic E-state index is -0.742. The van der Waals surface area contributed by atoms with Crippen LogP contribution in [-0.4, -0.2) is 105 Å². The largest absolute Gasteiger partial charge is 0.453 e. The van der Waals surface area contributed by atoms with Crippen molar-refractivity contribution in [3.05, 3.63) is 72.4 Å². The Morgan fingerprint density at radius 1 is 0.803 bits per heavy atom. The molecule has 2 saturated heterocycles. The Bertz CT molecular complexity index is 2350. The van der Waals surface area contributed by atoms with E-state index in [1.165, 1.54) is 14.2 Å². The molecule has 0 spiro atoms. The Hall–Kier alpha value is -5.96. The van der Waals surface area contributed by atoms with Crippen LogP contribution < -0.4 is 10.6 Å². The van der Waals surface area contributed by atoms with Crippen molar-refractivity contribution in [2.75, 3.05) is 33.9 Å². The predicted octanol–water partition coefficient (Wildman–Crippen LogP) is 7.25. The van der Waals surface area contributed by atoms with Gasteiger partial charge >= 0.3 is 12.2 Å². The number of nitrogens with one attached hydrogen (secondary N) is 4. The Balaban J connectivity index is 1.08. The van der Waals surface area contributed by atoms with E-state index >= 15 is 0 Å². The van der Waals surface area contributed by atoms with E-state index in [0.717, 1.165) is 82.1 Å². The number of carbonyl (C=O) groups is 4. The maximum absolute atomic E-state index is 14.0. The van der Waals surface area contributed by atoms with Crippen molar-refractivity contribution in [3.8, 4) is 22.4 Å². The molecule has 2 fully saturated rings. The van der Waals surface area contributed by atoms with Crippen molar-refractivity contribution in [2.45, 2.75) is 90.4 Å². The molecule has 0 bridgehead atoms. The van der Waals surface area contributed by atoms with E-state index in [1.807, 2.05) is 43.6 Å². The molecule has 0 unspecified atom stereocenters. The molecule has 0 saturated carbocycles. The number of methoxy groups -OCH3 is 2. The lowest BCUT2D eigenvalue weighted by molar-refractivity contribution is -0.136. The van der Waals surface area contributed by atoms with E-state index in [1.54, 1.807) is 6.20 Å². The van der Waals surface area contributed by atoms with Gasteiger partial charge in [-0.1, -0.05) is 76.6 Å². The summed E-state index contributed by atoms with van der Waals surface area (Å²) >= 11 is 0. The maximum atomic E-state index is 14.0. The lowest BCUT2D eigenvalue weighted by atomic mass is 9.98. The van der Waals surface area contributed by atoms with E-state index < -0.39 is 24.3 Å². The number of amides is 4. The van der Waals surface area contributed by atoms with Crippen LogP contribution in [0.25, 0.3) is 44.2 Å². The number of hydrogen-bond acceptors (Lipinski definition) is 9. The van der Waals surface area contributed by atoms with Crippen molar-refractivity contribution < 1.29 is 33.8 Å². The summed E-state index contributed by atoms with van der Waals surface area (Å²) in [7, 11) is 2.58. The number of likely N-dealkylation sites (tertiary alicyclic amines) is 2. The topological polar surface area (TPSA) is 195 Å². The van der Waals surface area contributed by atoms with Gasteiger partial charge in [-0.2, -0.15) is 0 Å². The number of imidazole rings is 2. The molecule has 15 heteroatoms. The number of aliphatic hydroxyl groups is 1. The van der Waals surface area contributed by atoms with E-state index in [4.69, 9.17) is 19.4 Å². The molecule has 4 heterocycles. The van der Waals surface area contributed by atoms with Gasteiger partial charge in [0.2, 0.25) is 11.8 Å². The Kier molecular flexibility index (Phi) is 13.3. The molecule has 2 aliphatic rings. The van der Waals surface area contributed by atoms with Crippen molar-refractivity contribution in [1.82, 2.24) is 40.4 Å². The Morgan fingerprint density at radius 2 is 1.46 bits per heavy atom. The van der Waals surface area contributed by atoms with Gasteiger partial charge in [-0.25, -0.2) is 19.6 Å². The standard InChI is InChI=1S/C46H58N8O7/c1-26(2)38(51-45(58)60-5)43(56)53-20-9-11-36(53)42-48-34-19-17-32-23-31(16-18-33(32)40(34)50-42)29-12-14-30(15-13-29)35-24-47-41(49-35)37-22-28(10-7-8-21-55)25-54(37)44(57)39(27(3)4)52-46(59)61-6/h12-19,23-24,26-28,36-39,55H,7-11,20-22,25H2,1-6H3,(H,47,49)(H,48,50)(H,51,58)(H,52,59)/t28-,36+,37+,38+,39+/m1/s1. The van der Waals surface area contributed by atoms with Crippen LogP contribution in [0.4, 0.5) is 9.59 Å². The number of hydrogen-bond donors (Lipinski definition) is 5. The molecule has 0 aliphatic carbocycles. The van der Waals surface area contributed by atoms with Gasteiger partial charge in [-0.15, -0.1) is 0 Å². The minimum absolute atomic E-state index is 0.118. The van der Waals surface area contributed by atoms with Gasteiger partial charge in [-0.05, 0) is 84.1 Å². The van der Waals surface area contributed by atoms with Crippen LogP contribution in [0.2, 0.25) is 0 Å². The fraction of sp³-hybridized carbons (Fsp3) is 0.478. The smallest absolute Gasteiger partial charge is 0.407 e. The summed E-state index contributed by atoms with van der Waals surface area (Å²) < 4.78 is 9.61. The van der Waals surface area contributed by atoms with Crippen LogP contribution in [0.15, 0.2) is 60.8 Å². The normalized spacial score (nSPS) is 18.9. The van der Waals surface area contributed by atoms with Crippen LogP contribution in [0.5, 0.6) is 0 Å². The third-order valence-electron chi connectivity index (χ3n) is 12.3. The minimum Gasteiger partial charge on any atom is -0.453 e. The first-order valence-electron chi connectivity index (χ1n) is 21.4. The number of benzene rings is 3. The molecule has 61 heavy (non-hydrogen) atoms. The number of aromatic nitrogens is 4. The summed E-state index contributed by atoms with van der Waals surface area (Å²) in [4.78, 5) is 72.4. The number of aliphatic hydroxyl groups excluding tert-OH is 1. The van der Waals surface area contributed by atoms with Gasteiger partial charge < -0.3 is 45.0 Å². The first-order chi connectivity index (χ1) is 29.4. The van der Waals surface area contributed by atoms with Gasteiger partial charge in [0.25, 0.3) is 0 Å². The number of aromatic amines is 2. The van der Waals surface area contributed by atoms with Gasteiger partial charge in [0, 0.05) is 25.1 Å². The quantitative estimate of drug-likeness (QED) is 0.0717. The summed E-state index contributed by atoms with van der Waals surface area (Å²) in [6, 6.07) is 16.8. The molecule has 5 N–H and O–H groups in total. The second kappa shape index (κ2) is 18.8. The zero-order chi connectivity index (χ0) is 43.4. The highest BCUT2D eigenvalue weighted by Gasteiger charge is 2.41. The Morgan fingerprint density at radius 3 is 2.11 bits per heavy atom. The van der Waals surface area contributed by atoms with E-state index in [-0.39, 0.29) is 48.3 Å². The van der Waals surface area contributed by atoms with Gasteiger partial charge in [0.1, 0.15) is 23.7 Å². The molecule has 5 aromatic rings. The lowest BCUT2D eigenvalue weighted by Gasteiger charge is -2.30. The molecule has 7 rings (SSSR count). The highest BCUT2D eigenvalue weighted by molar-refractivity contribution is 6.05. The molecular formula is C46H58N8O7. The summed E-state index contributed by atoms with van der Waals surface area (Å²) in [6.45, 7) is 8.87. The van der Waals surface area contributed by atoms with Crippen molar-refractivity contribution in [1.29, 1.82) is 0 Å².